The Bertz CT molecular complexity index is 417. The molecule has 0 radical (unpaired) electrons. The standard InChI is InChI=1S/C11H13NO/c1-3-13-10-4-5-11-9(8-10)6-7-12(11)2/h4-8H,3H2,1-2H3. The van der Waals surface area contributed by atoms with Gasteiger partial charge >= 0.3 is 0 Å². The first-order valence-corrected chi connectivity index (χ1v) is 4.49. The van der Waals surface area contributed by atoms with Crippen LogP contribution >= 0.6 is 0 Å². The monoisotopic (exact) mass is 175 g/mol. The van der Waals surface area contributed by atoms with Crippen LogP contribution < -0.4 is 4.74 Å². The Labute approximate surface area is 77.7 Å². The molecule has 0 amide bonds. The SMILES string of the molecule is CCOc1ccc2c(ccn2C)c1. The van der Waals surface area contributed by atoms with E-state index in [0.29, 0.717) is 0 Å². The molecule has 0 bridgehead atoms. The molecule has 0 saturated heterocycles. The third-order valence-electron chi connectivity index (χ3n) is 2.17. The largest absolute Gasteiger partial charge is 0.494 e. The van der Waals surface area contributed by atoms with Crippen LogP contribution in [-0.2, 0) is 7.05 Å². The van der Waals surface area contributed by atoms with Crippen molar-refractivity contribution in [1.29, 1.82) is 0 Å². The first kappa shape index (κ1) is 8.17. The molecule has 2 heteroatoms. The Hall–Kier alpha value is -1.44. The summed E-state index contributed by atoms with van der Waals surface area (Å²) in [6.45, 7) is 2.72. The molecule has 0 N–H and O–H groups in total. The fourth-order valence-electron chi connectivity index (χ4n) is 1.52. The van der Waals surface area contributed by atoms with Gasteiger partial charge in [0.2, 0.25) is 0 Å². The average Bonchev–Trinajstić information content (AvgIpc) is 2.48. The van der Waals surface area contributed by atoms with E-state index >= 15 is 0 Å². The van der Waals surface area contributed by atoms with E-state index in [2.05, 4.69) is 29.0 Å². The first-order chi connectivity index (χ1) is 6.31. The molecule has 0 atom stereocenters. The topological polar surface area (TPSA) is 14.2 Å². The lowest BCUT2D eigenvalue weighted by molar-refractivity contribution is 0.340. The van der Waals surface area contributed by atoms with Crippen LogP contribution in [0.2, 0.25) is 0 Å². The predicted octanol–water partition coefficient (Wildman–Crippen LogP) is 2.58. The van der Waals surface area contributed by atoms with E-state index in [1.54, 1.807) is 0 Å². The van der Waals surface area contributed by atoms with E-state index in [0.717, 1.165) is 12.4 Å². The number of hydrogen-bond donors (Lipinski definition) is 0. The molecule has 0 unspecified atom stereocenters. The van der Waals surface area contributed by atoms with Crippen molar-refractivity contribution in [3.8, 4) is 5.75 Å². The second kappa shape index (κ2) is 3.13. The van der Waals surface area contributed by atoms with Gasteiger partial charge < -0.3 is 9.30 Å². The van der Waals surface area contributed by atoms with Crippen molar-refractivity contribution in [3.05, 3.63) is 30.5 Å². The lowest BCUT2D eigenvalue weighted by atomic mass is 10.2. The minimum atomic E-state index is 0.721. The van der Waals surface area contributed by atoms with Gasteiger partial charge in [-0.3, -0.25) is 0 Å². The summed E-state index contributed by atoms with van der Waals surface area (Å²) < 4.78 is 7.52. The van der Waals surface area contributed by atoms with Crippen molar-refractivity contribution in [2.24, 2.45) is 7.05 Å². The summed E-state index contributed by atoms with van der Waals surface area (Å²) in [7, 11) is 2.04. The molecule has 2 aromatic rings. The summed E-state index contributed by atoms with van der Waals surface area (Å²) in [4.78, 5) is 0. The number of nitrogens with zero attached hydrogens (tertiary/aromatic N) is 1. The number of aryl methyl sites for hydroxylation is 1. The zero-order valence-corrected chi connectivity index (χ0v) is 7.95. The maximum absolute atomic E-state index is 5.41. The summed E-state index contributed by atoms with van der Waals surface area (Å²) in [6, 6.07) is 8.25. The van der Waals surface area contributed by atoms with E-state index < -0.39 is 0 Å². The summed E-state index contributed by atoms with van der Waals surface area (Å²) >= 11 is 0. The highest BCUT2D eigenvalue weighted by atomic mass is 16.5. The summed E-state index contributed by atoms with van der Waals surface area (Å²) in [5, 5.41) is 1.23. The van der Waals surface area contributed by atoms with E-state index in [-0.39, 0.29) is 0 Å². The van der Waals surface area contributed by atoms with Crippen LogP contribution in [0.1, 0.15) is 6.92 Å². The van der Waals surface area contributed by atoms with Crippen molar-refractivity contribution in [2.45, 2.75) is 6.92 Å². The third kappa shape index (κ3) is 1.39. The smallest absolute Gasteiger partial charge is 0.120 e. The zero-order valence-electron chi connectivity index (χ0n) is 7.95. The molecule has 68 valence electrons. The molecule has 2 nitrogen and oxygen atoms in total. The molecule has 0 aliphatic carbocycles. The normalized spacial score (nSPS) is 10.6. The van der Waals surface area contributed by atoms with Gasteiger partial charge in [0.05, 0.1) is 6.61 Å². The Morgan fingerprint density at radius 1 is 1.31 bits per heavy atom. The van der Waals surface area contributed by atoms with Crippen molar-refractivity contribution < 1.29 is 4.74 Å². The highest BCUT2D eigenvalue weighted by molar-refractivity contribution is 5.81. The molecule has 1 aromatic carbocycles. The second-order valence-corrected chi connectivity index (χ2v) is 3.08. The van der Waals surface area contributed by atoms with Gasteiger partial charge in [-0.1, -0.05) is 0 Å². The number of benzene rings is 1. The van der Waals surface area contributed by atoms with Gasteiger partial charge in [0.1, 0.15) is 5.75 Å². The van der Waals surface area contributed by atoms with Gasteiger partial charge in [-0.05, 0) is 31.2 Å². The number of aromatic nitrogens is 1. The van der Waals surface area contributed by atoms with E-state index in [1.807, 2.05) is 20.0 Å². The molecular formula is C11H13NO. The third-order valence-corrected chi connectivity index (χ3v) is 2.17. The zero-order chi connectivity index (χ0) is 9.26. The molecule has 1 aromatic heterocycles. The van der Waals surface area contributed by atoms with E-state index in [4.69, 9.17) is 4.74 Å². The van der Waals surface area contributed by atoms with Gasteiger partial charge in [-0.25, -0.2) is 0 Å². The van der Waals surface area contributed by atoms with Crippen LogP contribution in [0.3, 0.4) is 0 Å². The average molecular weight is 175 g/mol. The fraction of sp³-hybridized carbons (Fsp3) is 0.273. The lowest BCUT2D eigenvalue weighted by Crippen LogP contribution is -1.91. The molecule has 0 spiro atoms. The Morgan fingerprint density at radius 2 is 2.15 bits per heavy atom. The van der Waals surface area contributed by atoms with Crippen molar-refractivity contribution >= 4 is 10.9 Å². The summed E-state index contributed by atoms with van der Waals surface area (Å²) in [6.07, 6.45) is 2.06. The number of ether oxygens (including phenoxy) is 1. The predicted molar refractivity (Wildman–Crippen MR) is 54.1 cm³/mol. The van der Waals surface area contributed by atoms with Crippen LogP contribution in [0, 0.1) is 0 Å². The van der Waals surface area contributed by atoms with E-state index in [1.165, 1.54) is 10.9 Å². The van der Waals surface area contributed by atoms with Crippen LogP contribution in [0.25, 0.3) is 10.9 Å². The molecule has 1 heterocycles. The number of fused-ring (bicyclic) bond motifs is 1. The second-order valence-electron chi connectivity index (χ2n) is 3.08. The molecule has 13 heavy (non-hydrogen) atoms. The molecule has 0 aliphatic heterocycles. The van der Waals surface area contributed by atoms with Gasteiger partial charge in [0.25, 0.3) is 0 Å². The van der Waals surface area contributed by atoms with Gasteiger partial charge in [-0.2, -0.15) is 0 Å². The number of rotatable bonds is 2. The molecule has 0 fully saturated rings. The molecular weight excluding hydrogens is 162 g/mol. The van der Waals surface area contributed by atoms with Crippen molar-refractivity contribution in [1.82, 2.24) is 4.57 Å². The summed E-state index contributed by atoms with van der Waals surface area (Å²) in [5.74, 6) is 0.946. The molecule has 2 rings (SSSR count). The Kier molecular flexibility index (Phi) is 1.97. The minimum absolute atomic E-state index is 0.721. The Balaban J connectivity index is 2.50. The van der Waals surface area contributed by atoms with Gasteiger partial charge in [0.15, 0.2) is 0 Å². The molecule has 0 aliphatic rings. The fourth-order valence-corrected chi connectivity index (χ4v) is 1.52. The maximum Gasteiger partial charge on any atom is 0.120 e. The van der Waals surface area contributed by atoms with Crippen molar-refractivity contribution in [3.63, 3.8) is 0 Å². The summed E-state index contributed by atoms with van der Waals surface area (Å²) in [5.41, 5.74) is 1.24. The van der Waals surface area contributed by atoms with Crippen molar-refractivity contribution in [2.75, 3.05) is 6.61 Å². The van der Waals surface area contributed by atoms with E-state index in [9.17, 15) is 0 Å². The Morgan fingerprint density at radius 3 is 2.92 bits per heavy atom. The van der Waals surface area contributed by atoms with Crippen LogP contribution in [0.4, 0.5) is 0 Å². The van der Waals surface area contributed by atoms with Crippen LogP contribution in [0.5, 0.6) is 5.75 Å². The lowest BCUT2D eigenvalue weighted by Gasteiger charge is -2.02. The van der Waals surface area contributed by atoms with Crippen LogP contribution in [-0.4, -0.2) is 11.2 Å². The molecule has 0 saturated carbocycles. The van der Waals surface area contributed by atoms with Gasteiger partial charge in [-0.15, -0.1) is 0 Å². The maximum atomic E-state index is 5.41. The highest BCUT2D eigenvalue weighted by Gasteiger charge is 1.98. The highest BCUT2D eigenvalue weighted by Crippen LogP contribution is 2.20. The first-order valence-electron chi connectivity index (χ1n) is 4.49. The quantitative estimate of drug-likeness (QED) is 0.684. The number of hydrogen-bond acceptors (Lipinski definition) is 1. The van der Waals surface area contributed by atoms with Crippen LogP contribution in [0.15, 0.2) is 30.5 Å². The van der Waals surface area contributed by atoms with Gasteiger partial charge in [0, 0.05) is 24.1 Å². The minimum Gasteiger partial charge on any atom is -0.494 e.